The van der Waals surface area contributed by atoms with Crippen molar-refractivity contribution in [3.8, 4) is 0 Å². The van der Waals surface area contributed by atoms with Crippen LogP contribution < -0.4 is 10.5 Å². The Morgan fingerprint density at radius 3 is 2.39 bits per heavy atom. The molecule has 1 fully saturated rings. The lowest BCUT2D eigenvalue weighted by molar-refractivity contribution is 0.103. The summed E-state index contributed by atoms with van der Waals surface area (Å²) in [6.07, 6.45) is 0. The van der Waals surface area contributed by atoms with Gasteiger partial charge in [0.15, 0.2) is 5.78 Å². The zero-order valence-corrected chi connectivity index (χ0v) is 21.8. The quantitative estimate of drug-likeness (QED) is 0.234. The Morgan fingerprint density at radius 2 is 1.64 bits per heavy atom. The molecule has 0 unspecified atom stereocenters. The Balaban J connectivity index is 1.75. The summed E-state index contributed by atoms with van der Waals surface area (Å²) >= 11 is 5.01. The van der Waals surface area contributed by atoms with Crippen molar-refractivity contribution in [2.75, 3.05) is 17.2 Å². The molecule has 1 aromatic heterocycles. The van der Waals surface area contributed by atoms with Crippen LogP contribution in [0.1, 0.15) is 21.5 Å². The molecule has 2 aliphatic rings. The number of aryl methyl sites for hydroxylation is 1. The van der Waals surface area contributed by atoms with Crippen molar-refractivity contribution in [3.05, 3.63) is 121 Å². The first-order chi connectivity index (χ1) is 17.5. The van der Waals surface area contributed by atoms with E-state index in [9.17, 15) is 14.7 Å². The fraction of sp³-hybridized carbons (Fsp3) is 0.103. The SMILES string of the molecule is Cn1c(=O)c2c(c3ccccc31)N1CCSC1=C(C(=O)c1ccc(Br)cc1)C2=C(O)c1ccccc1. The van der Waals surface area contributed by atoms with E-state index in [1.165, 1.54) is 0 Å². The smallest absolute Gasteiger partial charge is 0.260 e. The van der Waals surface area contributed by atoms with Gasteiger partial charge in [-0.2, -0.15) is 0 Å². The molecule has 0 spiro atoms. The fourth-order valence-electron chi connectivity index (χ4n) is 4.98. The van der Waals surface area contributed by atoms with Crippen LogP contribution in [-0.2, 0) is 7.05 Å². The molecule has 0 bridgehead atoms. The predicted octanol–water partition coefficient (Wildman–Crippen LogP) is 6.39. The first-order valence-electron chi connectivity index (χ1n) is 11.5. The number of Topliss-reactive ketones (excluding diaryl/α,β-unsaturated/α-hetero) is 1. The predicted molar refractivity (Wildman–Crippen MR) is 150 cm³/mol. The van der Waals surface area contributed by atoms with E-state index in [-0.39, 0.29) is 22.7 Å². The third-order valence-electron chi connectivity index (χ3n) is 6.68. The third-order valence-corrected chi connectivity index (χ3v) is 8.29. The molecule has 1 saturated heterocycles. The lowest BCUT2D eigenvalue weighted by atomic mass is 9.85. The number of para-hydroxylation sites is 1. The minimum Gasteiger partial charge on any atom is -0.507 e. The molecule has 1 N–H and O–H groups in total. The highest BCUT2D eigenvalue weighted by Crippen LogP contribution is 2.50. The van der Waals surface area contributed by atoms with Gasteiger partial charge in [0, 0.05) is 45.9 Å². The maximum absolute atomic E-state index is 14.1. The number of aromatic nitrogens is 1. The van der Waals surface area contributed by atoms with E-state index in [2.05, 4.69) is 20.8 Å². The standard InChI is InChI=1S/C29H21BrN2O3S/c1-31-21-10-6-5-9-20(21)25-23(28(31)35)22(26(33)17-7-3-2-4-8-17)24(29-32(25)15-16-36-29)27(34)18-11-13-19(30)14-12-18/h2-14,33H,15-16H2,1H3. The number of rotatable bonds is 3. The van der Waals surface area contributed by atoms with Gasteiger partial charge in [-0.05, 0) is 30.3 Å². The van der Waals surface area contributed by atoms with Crippen molar-refractivity contribution < 1.29 is 9.90 Å². The number of aliphatic hydroxyl groups excluding tert-OH is 1. The van der Waals surface area contributed by atoms with Gasteiger partial charge < -0.3 is 14.6 Å². The molecule has 0 amide bonds. The monoisotopic (exact) mass is 556 g/mol. The molecule has 0 radical (unpaired) electrons. The molecule has 178 valence electrons. The molecule has 6 rings (SSSR count). The second-order valence-corrected chi connectivity index (χ2v) is 10.7. The number of hydrogen-bond acceptors (Lipinski definition) is 5. The Kier molecular flexibility index (Phi) is 5.62. The van der Waals surface area contributed by atoms with Crippen LogP contribution in [-0.4, -0.2) is 27.8 Å². The first kappa shape index (κ1) is 22.9. The highest BCUT2D eigenvalue weighted by atomic mass is 79.9. The van der Waals surface area contributed by atoms with Crippen LogP contribution in [0.4, 0.5) is 5.69 Å². The van der Waals surface area contributed by atoms with E-state index in [4.69, 9.17) is 0 Å². The molecular formula is C29H21BrN2O3S. The largest absolute Gasteiger partial charge is 0.507 e. The summed E-state index contributed by atoms with van der Waals surface area (Å²) in [5, 5.41) is 13.4. The van der Waals surface area contributed by atoms with Crippen LogP contribution in [0.3, 0.4) is 0 Å². The van der Waals surface area contributed by atoms with E-state index in [0.717, 1.165) is 31.8 Å². The number of hydrogen-bond donors (Lipinski definition) is 1. The fourth-order valence-corrected chi connectivity index (χ4v) is 6.39. The number of aliphatic hydroxyl groups is 1. The summed E-state index contributed by atoms with van der Waals surface area (Å²) in [4.78, 5) is 30.1. The normalized spacial score (nSPS) is 16.2. The summed E-state index contributed by atoms with van der Waals surface area (Å²) in [6.45, 7) is 0.667. The third kappa shape index (κ3) is 3.45. The zero-order valence-electron chi connectivity index (χ0n) is 19.4. The van der Waals surface area contributed by atoms with E-state index in [1.807, 2.05) is 54.6 Å². The maximum atomic E-state index is 14.1. The Hall–Kier alpha value is -3.55. The second-order valence-electron chi connectivity index (χ2n) is 8.71. The van der Waals surface area contributed by atoms with E-state index >= 15 is 0 Å². The van der Waals surface area contributed by atoms with Crippen molar-refractivity contribution in [2.24, 2.45) is 7.05 Å². The lowest BCUT2D eigenvalue weighted by Crippen LogP contribution is -2.33. The van der Waals surface area contributed by atoms with Crippen molar-refractivity contribution >= 4 is 61.4 Å². The Morgan fingerprint density at radius 1 is 0.944 bits per heavy atom. The number of pyridine rings is 1. The molecule has 0 aliphatic carbocycles. The minimum absolute atomic E-state index is 0.0793. The molecule has 4 aromatic rings. The van der Waals surface area contributed by atoms with Gasteiger partial charge in [-0.15, -0.1) is 11.8 Å². The van der Waals surface area contributed by atoms with Gasteiger partial charge in [-0.3, -0.25) is 9.59 Å². The molecule has 7 heteroatoms. The Labute approximate surface area is 220 Å². The van der Waals surface area contributed by atoms with Gasteiger partial charge in [0.25, 0.3) is 5.56 Å². The topological polar surface area (TPSA) is 62.5 Å². The van der Waals surface area contributed by atoms with E-state index in [0.29, 0.717) is 28.8 Å². The van der Waals surface area contributed by atoms with Crippen LogP contribution in [0.15, 0.2) is 98.7 Å². The van der Waals surface area contributed by atoms with Crippen molar-refractivity contribution in [3.63, 3.8) is 0 Å². The van der Waals surface area contributed by atoms with Gasteiger partial charge >= 0.3 is 0 Å². The number of anilines is 1. The second kappa shape index (κ2) is 8.84. The summed E-state index contributed by atoms with van der Waals surface area (Å²) in [6, 6.07) is 24.0. The van der Waals surface area contributed by atoms with Crippen LogP contribution in [0.25, 0.3) is 22.2 Å². The first-order valence-corrected chi connectivity index (χ1v) is 13.3. The number of fused-ring (bicyclic) bond motifs is 5. The number of nitrogens with zero attached hydrogens (tertiary/aromatic N) is 2. The number of carbonyl (C=O) groups excluding carboxylic acids is 1. The molecule has 5 nitrogen and oxygen atoms in total. The van der Waals surface area contributed by atoms with Gasteiger partial charge in [0.2, 0.25) is 0 Å². The minimum atomic E-state index is -0.252. The lowest BCUT2D eigenvalue weighted by Gasteiger charge is -2.33. The summed E-state index contributed by atoms with van der Waals surface area (Å²) in [5.74, 6) is 0.467. The highest BCUT2D eigenvalue weighted by Gasteiger charge is 2.40. The highest BCUT2D eigenvalue weighted by molar-refractivity contribution is 9.10. The molecule has 3 heterocycles. The summed E-state index contributed by atoms with van der Waals surface area (Å²) in [5.41, 5.74) is 3.34. The molecule has 0 saturated carbocycles. The molecule has 36 heavy (non-hydrogen) atoms. The van der Waals surface area contributed by atoms with Crippen molar-refractivity contribution in [1.82, 2.24) is 4.57 Å². The molecule has 2 aliphatic heterocycles. The number of halogens is 1. The summed E-state index contributed by atoms with van der Waals surface area (Å²) < 4.78 is 2.47. The van der Waals surface area contributed by atoms with Gasteiger partial charge in [-0.25, -0.2) is 0 Å². The maximum Gasteiger partial charge on any atom is 0.260 e. The molecule has 0 atom stereocenters. The van der Waals surface area contributed by atoms with Crippen LogP contribution in [0.2, 0.25) is 0 Å². The van der Waals surface area contributed by atoms with Gasteiger partial charge in [0.1, 0.15) is 5.76 Å². The van der Waals surface area contributed by atoms with Crippen LogP contribution in [0.5, 0.6) is 0 Å². The average Bonchev–Trinajstić information content (AvgIpc) is 3.40. The zero-order chi connectivity index (χ0) is 25.0. The van der Waals surface area contributed by atoms with E-state index < -0.39 is 0 Å². The van der Waals surface area contributed by atoms with Crippen LogP contribution in [0, 0.1) is 0 Å². The van der Waals surface area contributed by atoms with Gasteiger partial charge in [-0.1, -0.05) is 64.5 Å². The van der Waals surface area contributed by atoms with Gasteiger partial charge in [0.05, 0.1) is 27.4 Å². The number of carbonyl (C=O) groups is 1. The number of allylic oxidation sites excluding steroid dienone is 2. The van der Waals surface area contributed by atoms with Crippen LogP contribution >= 0.6 is 27.7 Å². The van der Waals surface area contributed by atoms with Crippen molar-refractivity contribution in [1.29, 1.82) is 0 Å². The average molecular weight is 557 g/mol. The number of ketones is 1. The summed E-state index contributed by atoms with van der Waals surface area (Å²) in [7, 11) is 1.73. The number of thioether (sulfide) groups is 1. The van der Waals surface area contributed by atoms with E-state index in [1.54, 1.807) is 47.6 Å². The molecule has 3 aromatic carbocycles. The number of benzene rings is 3. The van der Waals surface area contributed by atoms with Crippen molar-refractivity contribution in [2.45, 2.75) is 0 Å². The Bertz CT molecular complexity index is 1670. The molecular weight excluding hydrogens is 536 g/mol.